The molecule has 1 unspecified atom stereocenters. The van der Waals surface area contributed by atoms with Gasteiger partial charge in [0.1, 0.15) is 5.82 Å². The van der Waals surface area contributed by atoms with Crippen molar-refractivity contribution in [2.45, 2.75) is 52.1 Å². The molecular weight excluding hydrogens is 372 g/mol. The van der Waals surface area contributed by atoms with Gasteiger partial charge in [-0.2, -0.15) is 4.98 Å². The van der Waals surface area contributed by atoms with E-state index in [1.54, 1.807) is 6.20 Å². The average molecular weight is 394 g/mol. The number of aromatic nitrogens is 2. The van der Waals surface area contributed by atoms with Gasteiger partial charge in [-0.1, -0.05) is 13.8 Å². The van der Waals surface area contributed by atoms with E-state index >= 15 is 0 Å². The number of halogens is 2. The Bertz CT molecular complexity index is 526. The molecule has 124 valence electrons. The second-order valence-corrected chi connectivity index (χ2v) is 7.38. The highest BCUT2D eigenvalue weighted by molar-refractivity contribution is 9.10. The molecule has 0 bridgehead atoms. The first-order valence-electron chi connectivity index (χ1n) is 7.06. The van der Waals surface area contributed by atoms with Crippen molar-refractivity contribution in [2.24, 2.45) is 5.92 Å². The van der Waals surface area contributed by atoms with Crippen LogP contribution in [-0.4, -0.2) is 32.7 Å². The number of carbonyl (C=O) groups is 1. The number of anilines is 1. The van der Waals surface area contributed by atoms with Gasteiger partial charge in [0.15, 0.2) is 0 Å². The largest absolute Gasteiger partial charge is 0.465 e. The number of rotatable bonds is 7. The van der Waals surface area contributed by atoms with Gasteiger partial charge < -0.3 is 15.7 Å². The molecule has 1 aromatic rings. The molecule has 0 saturated heterocycles. The monoisotopic (exact) mass is 392 g/mol. The van der Waals surface area contributed by atoms with Crippen molar-refractivity contribution in [2.75, 3.05) is 5.32 Å². The Morgan fingerprint density at radius 3 is 2.68 bits per heavy atom. The minimum atomic E-state index is -1.01. The van der Waals surface area contributed by atoms with Gasteiger partial charge >= 0.3 is 6.09 Å². The summed E-state index contributed by atoms with van der Waals surface area (Å²) in [7, 11) is 0. The third-order valence-corrected chi connectivity index (χ3v) is 4.13. The van der Waals surface area contributed by atoms with Crippen LogP contribution in [-0.2, 0) is 0 Å². The molecule has 1 heterocycles. The highest BCUT2D eigenvalue weighted by Crippen LogP contribution is 2.25. The Balaban J connectivity index is 2.74. The minimum Gasteiger partial charge on any atom is -0.465 e. The highest BCUT2D eigenvalue weighted by atomic mass is 79.9. The quantitative estimate of drug-likeness (QED) is 0.606. The summed E-state index contributed by atoms with van der Waals surface area (Å²) in [6.07, 6.45) is 2.08. The van der Waals surface area contributed by atoms with Gasteiger partial charge in [-0.25, -0.2) is 9.78 Å². The summed E-state index contributed by atoms with van der Waals surface area (Å²) in [6.45, 7) is 7.95. The molecule has 0 radical (unpaired) electrons. The van der Waals surface area contributed by atoms with Gasteiger partial charge in [0.05, 0.1) is 4.47 Å². The van der Waals surface area contributed by atoms with E-state index in [4.69, 9.17) is 16.7 Å². The van der Waals surface area contributed by atoms with E-state index in [0.29, 0.717) is 18.2 Å². The van der Waals surface area contributed by atoms with Gasteiger partial charge in [-0.15, -0.1) is 0 Å². The number of hydrogen-bond acceptors (Lipinski definition) is 4. The minimum absolute atomic E-state index is 0.136. The van der Waals surface area contributed by atoms with Crippen molar-refractivity contribution >= 4 is 39.4 Å². The SMILES string of the molecule is CC(C)C(CCC(C)(C)NC(=O)O)Nc1nc(Cl)ncc1Br. The van der Waals surface area contributed by atoms with E-state index in [-0.39, 0.29) is 11.3 Å². The Kier molecular flexibility index (Phi) is 6.87. The zero-order chi connectivity index (χ0) is 16.9. The smallest absolute Gasteiger partial charge is 0.405 e. The standard InChI is InChI=1S/C14H22BrClN4O2/c1-8(2)10(5-6-14(3,4)20-13(21)22)18-11-9(15)7-17-12(16)19-11/h7-8,10,20H,5-6H2,1-4H3,(H,21,22)(H,17,18,19). The molecule has 0 aliphatic heterocycles. The van der Waals surface area contributed by atoms with Gasteiger partial charge in [-0.05, 0) is 60.1 Å². The van der Waals surface area contributed by atoms with Crippen molar-refractivity contribution in [1.29, 1.82) is 0 Å². The van der Waals surface area contributed by atoms with E-state index in [1.165, 1.54) is 0 Å². The molecule has 1 amide bonds. The first-order chi connectivity index (χ1) is 10.1. The summed E-state index contributed by atoms with van der Waals surface area (Å²) >= 11 is 9.22. The maximum atomic E-state index is 10.8. The second kappa shape index (κ2) is 7.97. The summed E-state index contributed by atoms with van der Waals surface area (Å²) in [5.74, 6) is 0.990. The summed E-state index contributed by atoms with van der Waals surface area (Å²) in [6, 6.07) is 0.136. The van der Waals surface area contributed by atoms with Gasteiger partial charge in [-0.3, -0.25) is 0 Å². The van der Waals surface area contributed by atoms with E-state index in [2.05, 4.69) is 50.4 Å². The number of hydrogen-bond donors (Lipinski definition) is 3. The highest BCUT2D eigenvalue weighted by Gasteiger charge is 2.24. The van der Waals surface area contributed by atoms with E-state index < -0.39 is 11.6 Å². The van der Waals surface area contributed by atoms with Crippen LogP contribution in [0.5, 0.6) is 0 Å². The van der Waals surface area contributed by atoms with Crippen molar-refractivity contribution in [3.8, 4) is 0 Å². The molecule has 1 rings (SSSR count). The average Bonchev–Trinajstić information content (AvgIpc) is 2.36. The Morgan fingerprint density at radius 1 is 1.50 bits per heavy atom. The van der Waals surface area contributed by atoms with Crippen molar-refractivity contribution in [3.05, 3.63) is 16.0 Å². The Hall–Kier alpha value is -1.08. The first-order valence-corrected chi connectivity index (χ1v) is 8.23. The molecule has 22 heavy (non-hydrogen) atoms. The van der Waals surface area contributed by atoms with Crippen LogP contribution < -0.4 is 10.6 Å². The fourth-order valence-electron chi connectivity index (χ4n) is 2.06. The van der Waals surface area contributed by atoms with Crippen LogP contribution >= 0.6 is 27.5 Å². The molecule has 3 N–H and O–H groups in total. The third-order valence-electron chi connectivity index (χ3n) is 3.37. The Morgan fingerprint density at radius 2 is 2.14 bits per heavy atom. The number of carboxylic acid groups (broad SMARTS) is 1. The van der Waals surface area contributed by atoms with Crippen LogP contribution in [0.3, 0.4) is 0 Å². The molecule has 0 aromatic carbocycles. The lowest BCUT2D eigenvalue weighted by molar-refractivity contribution is 0.179. The summed E-state index contributed by atoms with van der Waals surface area (Å²) in [4.78, 5) is 18.9. The van der Waals surface area contributed by atoms with Crippen LogP contribution in [0.15, 0.2) is 10.7 Å². The summed E-state index contributed by atoms with van der Waals surface area (Å²) < 4.78 is 0.741. The number of nitrogens with zero attached hydrogens (tertiary/aromatic N) is 2. The first kappa shape index (κ1) is 19.0. The normalized spacial score (nSPS) is 13.0. The van der Waals surface area contributed by atoms with Gasteiger partial charge in [0.2, 0.25) is 5.28 Å². The van der Waals surface area contributed by atoms with E-state index in [0.717, 1.165) is 10.9 Å². The number of nitrogens with one attached hydrogen (secondary N) is 2. The zero-order valence-corrected chi connectivity index (χ0v) is 15.5. The topological polar surface area (TPSA) is 87.1 Å². The van der Waals surface area contributed by atoms with Gasteiger partial charge in [0.25, 0.3) is 0 Å². The second-order valence-electron chi connectivity index (χ2n) is 6.18. The summed E-state index contributed by atoms with van der Waals surface area (Å²) in [5, 5.41) is 14.9. The molecule has 0 fully saturated rings. The van der Waals surface area contributed by atoms with Crippen molar-refractivity contribution in [3.63, 3.8) is 0 Å². The lowest BCUT2D eigenvalue weighted by Crippen LogP contribution is -2.43. The van der Waals surface area contributed by atoms with E-state index in [9.17, 15) is 4.79 Å². The maximum absolute atomic E-state index is 10.8. The predicted octanol–water partition coefficient (Wildman–Crippen LogP) is 4.16. The Labute approximate surface area is 144 Å². The van der Waals surface area contributed by atoms with Crippen LogP contribution in [0.4, 0.5) is 10.6 Å². The van der Waals surface area contributed by atoms with Crippen molar-refractivity contribution in [1.82, 2.24) is 15.3 Å². The van der Waals surface area contributed by atoms with Crippen LogP contribution in [0.1, 0.15) is 40.5 Å². The molecule has 0 saturated carbocycles. The zero-order valence-electron chi connectivity index (χ0n) is 13.2. The molecule has 0 spiro atoms. The predicted molar refractivity (Wildman–Crippen MR) is 91.5 cm³/mol. The molecular formula is C14H22BrClN4O2. The molecule has 1 atom stereocenters. The lowest BCUT2D eigenvalue weighted by Gasteiger charge is -2.29. The lowest BCUT2D eigenvalue weighted by atomic mass is 9.91. The molecule has 1 aromatic heterocycles. The summed E-state index contributed by atoms with van der Waals surface area (Å²) in [5.41, 5.74) is -0.485. The fraction of sp³-hybridized carbons (Fsp3) is 0.643. The van der Waals surface area contributed by atoms with Gasteiger partial charge in [0, 0.05) is 17.8 Å². The molecule has 8 heteroatoms. The fourth-order valence-corrected chi connectivity index (χ4v) is 2.50. The van der Waals surface area contributed by atoms with E-state index in [1.807, 2.05) is 13.8 Å². The maximum Gasteiger partial charge on any atom is 0.405 e. The molecule has 0 aliphatic carbocycles. The van der Waals surface area contributed by atoms with Crippen LogP contribution in [0.2, 0.25) is 5.28 Å². The van der Waals surface area contributed by atoms with Crippen LogP contribution in [0.25, 0.3) is 0 Å². The third kappa shape index (κ3) is 6.36. The molecule has 6 nitrogen and oxygen atoms in total. The number of amides is 1. The van der Waals surface area contributed by atoms with Crippen molar-refractivity contribution < 1.29 is 9.90 Å². The van der Waals surface area contributed by atoms with Crippen LogP contribution in [0, 0.1) is 5.92 Å². The molecule has 0 aliphatic rings.